The average molecular weight is 760 g/mol. The number of hydrogen-bond donors (Lipinski definition) is 1. The first-order valence-corrected chi connectivity index (χ1v) is 19.9. The van der Waals surface area contributed by atoms with Crippen LogP contribution < -0.4 is 15.1 Å². The summed E-state index contributed by atoms with van der Waals surface area (Å²) in [6, 6.07) is 20.0. The minimum absolute atomic E-state index is 0.0117. The molecule has 1 spiro atoms. The molecule has 3 aromatic rings. The lowest BCUT2D eigenvalue weighted by molar-refractivity contribution is -0.136. The number of fused-ring (bicyclic) bond motifs is 2. The molecule has 2 atom stereocenters. The second kappa shape index (κ2) is 13.4. The maximum Gasteiger partial charge on any atom is 0.255 e. The molecule has 4 saturated heterocycles. The fourth-order valence-electron chi connectivity index (χ4n) is 10.4. The van der Waals surface area contributed by atoms with Gasteiger partial charge in [0.1, 0.15) is 12.1 Å². The Balaban J connectivity index is 0.756. The van der Waals surface area contributed by atoms with E-state index in [1.54, 1.807) is 4.90 Å². The summed E-state index contributed by atoms with van der Waals surface area (Å²) in [6.45, 7) is 11.7. The number of likely N-dealkylation sites (tertiary alicyclic amines) is 1. The lowest BCUT2D eigenvalue weighted by atomic mass is 9.76. The molecule has 284 valence electrons. The van der Waals surface area contributed by atoms with Crippen molar-refractivity contribution < 1.29 is 19.2 Å². The van der Waals surface area contributed by atoms with Crippen LogP contribution in [0.1, 0.15) is 88.9 Å². The van der Waals surface area contributed by atoms with Gasteiger partial charge in [0.25, 0.3) is 11.8 Å². The van der Waals surface area contributed by atoms with Gasteiger partial charge in [-0.2, -0.15) is 5.26 Å². The van der Waals surface area contributed by atoms with Crippen LogP contribution in [0.3, 0.4) is 0 Å². The third-order valence-corrected chi connectivity index (χ3v) is 13.5. The zero-order valence-electron chi connectivity index (χ0n) is 31.4. The Labute approximate surface area is 326 Å². The van der Waals surface area contributed by atoms with Crippen LogP contribution >= 0.6 is 11.6 Å². The van der Waals surface area contributed by atoms with Gasteiger partial charge in [-0.25, -0.2) is 0 Å². The molecular formula is C43H46ClN7O4. The molecule has 0 aromatic heterocycles. The van der Waals surface area contributed by atoms with E-state index in [2.05, 4.69) is 58.1 Å². The van der Waals surface area contributed by atoms with Crippen LogP contribution in [0.15, 0.2) is 54.6 Å². The largest absolute Gasteiger partial charge is 0.371 e. The van der Waals surface area contributed by atoms with Crippen molar-refractivity contribution >= 4 is 46.6 Å². The smallest absolute Gasteiger partial charge is 0.255 e. The Morgan fingerprint density at radius 1 is 0.909 bits per heavy atom. The second-order valence-electron chi connectivity index (χ2n) is 17.3. The van der Waals surface area contributed by atoms with E-state index in [4.69, 9.17) is 11.6 Å². The first-order valence-electron chi connectivity index (χ1n) is 19.5. The van der Waals surface area contributed by atoms with Gasteiger partial charge in [0.2, 0.25) is 11.8 Å². The quantitative estimate of drug-likeness (QED) is 0.335. The summed E-state index contributed by atoms with van der Waals surface area (Å²) < 4.78 is 0. The van der Waals surface area contributed by atoms with Crippen molar-refractivity contribution in [3.05, 3.63) is 93.0 Å². The molecular weight excluding hydrogens is 714 g/mol. The summed E-state index contributed by atoms with van der Waals surface area (Å²) in [4.78, 5) is 61.8. The van der Waals surface area contributed by atoms with Crippen LogP contribution in [0, 0.1) is 22.2 Å². The van der Waals surface area contributed by atoms with Crippen molar-refractivity contribution in [3.8, 4) is 6.07 Å². The topological polar surface area (TPSA) is 120 Å². The summed E-state index contributed by atoms with van der Waals surface area (Å²) in [6.07, 6.45) is 3.96. The highest BCUT2D eigenvalue weighted by Crippen LogP contribution is 2.46. The van der Waals surface area contributed by atoms with Crippen molar-refractivity contribution in [2.24, 2.45) is 10.8 Å². The van der Waals surface area contributed by atoms with Crippen LogP contribution in [-0.4, -0.2) is 89.7 Å². The molecule has 1 N–H and O–H groups in total. The third kappa shape index (κ3) is 6.43. The SMILES string of the molecule is C[C@H]1CC2(CCN(c3ccc(C(=O)N4CC(C)(CN5Cc6cc7c(cc6C5)C(=O)N(C5CCC(=O)NC5=O)C7)C4)cc3)CC2)CN1c1ccc(C#N)c(Cl)c1. The number of hydrogen-bond acceptors (Lipinski definition) is 8. The monoisotopic (exact) mass is 759 g/mol. The van der Waals surface area contributed by atoms with E-state index in [0.29, 0.717) is 48.2 Å². The molecule has 0 bridgehead atoms. The molecule has 1 unspecified atom stereocenters. The van der Waals surface area contributed by atoms with E-state index < -0.39 is 6.04 Å². The van der Waals surface area contributed by atoms with Crippen LogP contribution in [-0.2, 0) is 29.2 Å². The van der Waals surface area contributed by atoms with Crippen LogP contribution in [0.2, 0.25) is 5.02 Å². The molecule has 9 rings (SSSR count). The van der Waals surface area contributed by atoms with Crippen molar-refractivity contribution in [3.63, 3.8) is 0 Å². The molecule has 6 aliphatic rings. The highest BCUT2D eigenvalue weighted by molar-refractivity contribution is 6.32. The number of amides is 4. The molecule has 11 nitrogen and oxygen atoms in total. The van der Waals surface area contributed by atoms with Gasteiger partial charge < -0.3 is 19.6 Å². The molecule has 6 heterocycles. The van der Waals surface area contributed by atoms with Gasteiger partial charge in [0.05, 0.1) is 10.6 Å². The Hall–Kier alpha value is -4.92. The lowest BCUT2D eigenvalue weighted by Gasteiger charge is -2.49. The van der Waals surface area contributed by atoms with E-state index in [9.17, 15) is 24.4 Å². The number of imide groups is 1. The van der Waals surface area contributed by atoms with Gasteiger partial charge in [-0.1, -0.05) is 24.6 Å². The number of carbonyl (C=O) groups excluding carboxylic acids is 4. The Morgan fingerprint density at radius 3 is 2.31 bits per heavy atom. The highest BCUT2D eigenvalue weighted by Gasteiger charge is 2.46. The number of benzene rings is 3. The molecule has 0 saturated carbocycles. The molecule has 4 amide bonds. The molecule has 0 aliphatic carbocycles. The Morgan fingerprint density at radius 2 is 1.62 bits per heavy atom. The molecule has 55 heavy (non-hydrogen) atoms. The maximum atomic E-state index is 13.5. The fraction of sp³-hybridized carbons (Fsp3) is 0.465. The number of halogens is 1. The highest BCUT2D eigenvalue weighted by atomic mass is 35.5. The standard InChI is InChI=1S/C43H46ClN7O4/c1-27-18-43(26-51(27)34-8-5-29(19-45)36(44)17-34)11-13-48(14-12-43)33-6-3-28(4-7-33)40(54)49-24-42(2,25-49)23-47-20-30-15-32-22-50(37-9-10-38(52)46-39(37)53)41(55)35(32)16-31(30)21-47/h3-8,15-17,27,37H,9-14,18,20-26H2,1-2H3,(H,46,52,53)/t27-,37?/m0/s1. The summed E-state index contributed by atoms with van der Waals surface area (Å²) in [7, 11) is 0. The first kappa shape index (κ1) is 35.8. The summed E-state index contributed by atoms with van der Waals surface area (Å²) >= 11 is 6.38. The molecule has 0 radical (unpaired) electrons. The predicted molar refractivity (Wildman–Crippen MR) is 209 cm³/mol. The number of nitrogens with one attached hydrogen (secondary N) is 1. The number of carbonyl (C=O) groups is 4. The van der Waals surface area contributed by atoms with Crippen molar-refractivity contribution in [2.75, 3.05) is 49.1 Å². The average Bonchev–Trinajstić information content (AvgIpc) is 3.80. The van der Waals surface area contributed by atoms with Gasteiger partial charge in [0, 0.05) is 99.3 Å². The molecule has 4 fully saturated rings. The van der Waals surface area contributed by atoms with E-state index in [1.807, 2.05) is 41.3 Å². The Kier molecular flexibility index (Phi) is 8.70. The lowest BCUT2D eigenvalue weighted by Crippen LogP contribution is -2.60. The van der Waals surface area contributed by atoms with E-state index >= 15 is 0 Å². The summed E-state index contributed by atoms with van der Waals surface area (Å²) in [5.74, 6) is -0.734. The van der Waals surface area contributed by atoms with Crippen LogP contribution in [0.4, 0.5) is 11.4 Å². The number of nitrogens with zero attached hydrogens (tertiary/aromatic N) is 6. The first-order chi connectivity index (χ1) is 26.4. The number of rotatable bonds is 6. The normalized spacial score (nSPS) is 24.1. The number of anilines is 2. The van der Waals surface area contributed by atoms with Gasteiger partial charge in [0.15, 0.2) is 0 Å². The second-order valence-corrected chi connectivity index (χ2v) is 17.7. The van der Waals surface area contributed by atoms with Crippen LogP contribution in [0.25, 0.3) is 0 Å². The van der Waals surface area contributed by atoms with E-state index in [-0.39, 0.29) is 40.9 Å². The summed E-state index contributed by atoms with van der Waals surface area (Å²) in [5.41, 5.74) is 7.69. The van der Waals surface area contributed by atoms with Gasteiger partial charge in [-0.15, -0.1) is 0 Å². The minimum Gasteiger partial charge on any atom is -0.371 e. The van der Waals surface area contributed by atoms with E-state index in [1.165, 1.54) is 5.56 Å². The molecule has 12 heteroatoms. The molecule has 3 aromatic carbocycles. The van der Waals surface area contributed by atoms with Crippen molar-refractivity contribution in [2.45, 2.75) is 77.7 Å². The van der Waals surface area contributed by atoms with E-state index in [0.717, 1.165) is 86.6 Å². The molecule has 6 aliphatic heterocycles. The third-order valence-electron chi connectivity index (χ3n) is 13.1. The zero-order chi connectivity index (χ0) is 38.2. The number of piperidine rings is 2. The van der Waals surface area contributed by atoms with Crippen molar-refractivity contribution in [1.29, 1.82) is 5.26 Å². The van der Waals surface area contributed by atoms with Gasteiger partial charge in [-0.05, 0) is 103 Å². The minimum atomic E-state index is -0.605. The maximum absolute atomic E-state index is 13.5. The number of nitriles is 1. The Bertz CT molecular complexity index is 2150. The fourth-order valence-corrected chi connectivity index (χ4v) is 10.6. The van der Waals surface area contributed by atoms with Gasteiger partial charge >= 0.3 is 0 Å². The van der Waals surface area contributed by atoms with Gasteiger partial charge in [-0.3, -0.25) is 29.4 Å². The zero-order valence-corrected chi connectivity index (χ0v) is 32.2. The van der Waals surface area contributed by atoms with Crippen LogP contribution in [0.5, 0.6) is 0 Å². The predicted octanol–water partition coefficient (Wildman–Crippen LogP) is 5.34. The summed E-state index contributed by atoms with van der Waals surface area (Å²) in [5, 5.41) is 12.2. The van der Waals surface area contributed by atoms with Crippen molar-refractivity contribution in [1.82, 2.24) is 20.0 Å².